The number of nitrogens with zero attached hydrogens (tertiary/aromatic N) is 2. The van der Waals surface area contributed by atoms with Crippen LogP contribution in [0.15, 0.2) is 9.98 Å². The summed E-state index contributed by atoms with van der Waals surface area (Å²) >= 11 is 0. The van der Waals surface area contributed by atoms with Gasteiger partial charge in [0.25, 0.3) is 0 Å². The summed E-state index contributed by atoms with van der Waals surface area (Å²) in [4.78, 5) is 8.95. The van der Waals surface area contributed by atoms with E-state index >= 15 is 0 Å². The highest BCUT2D eigenvalue weighted by Gasteiger charge is 2.29. The summed E-state index contributed by atoms with van der Waals surface area (Å²) in [5, 5.41) is 6.58. The van der Waals surface area contributed by atoms with Crippen molar-refractivity contribution in [1.82, 2.24) is 10.6 Å². The highest BCUT2D eigenvalue weighted by atomic mass is 15.3. The zero-order valence-corrected chi connectivity index (χ0v) is 10.5. The monoisotopic (exact) mass is 222 g/mol. The molecule has 2 N–H and O–H groups in total. The fourth-order valence-electron chi connectivity index (χ4n) is 2.48. The number of amidine groups is 1. The lowest BCUT2D eigenvalue weighted by Crippen LogP contribution is -2.57. The van der Waals surface area contributed by atoms with E-state index in [0.717, 1.165) is 11.8 Å². The van der Waals surface area contributed by atoms with Gasteiger partial charge in [-0.15, -0.1) is 0 Å². The van der Waals surface area contributed by atoms with Gasteiger partial charge >= 0.3 is 0 Å². The summed E-state index contributed by atoms with van der Waals surface area (Å²) in [5.41, 5.74) is -0.229. The average molecular weight is 222 g/mol. The van der Waals surface area contributed by atoms with E-state index in [1.165, 1.54) is 32.1 Å². The number of guanidine groups is 1. The summed E-state index contributed by atoms with van der Waals surface area (Å²) in [7, 11) is 1.80. The number of nitrogens with one attached hydrogen (secondary N) is 2. The van der Waals surface area contributed by atoms with E-state index in [1.54, 1.807) is 7.05 Å². The van der Waals surface area contributed by atoms with Gasteiger partial charge in [0.1, 0.15) is 11.5 Å². The van der Waals surface area contributed by atoms with Gasteiger partial charge in [0, 0.05) is 13.0 Å². The lowest BCUT2D eigenvalue weighted by molar-refractivity contribution is 0.411. The van der Waals surface area contributed by atoms with Crippen LogP contribution in [0.3, 0.4) is 0 Å². The van der Waals surface area contributed by atoms with Crippen LogP contribution in [0, 0.1) is 5.92 Å². The SMILES string of the molecule is CN=C1NC(C2CCCCC2)=NC(C)(C)N1. The van der Waals surface area contributed by atoms with Crippen molar-refractivity contribution in [3.05, 3.63) is 0 Å². The van der Waals surface area contributed by atoms with E-state index < -0.39 is 0 Å². The molecule has 0 aromatic carbocycles. The molecule has 0 radical (unpaired) electrons. The molecule has 90 valence electrons. The van der Waals surface area contributed by atoms with Crippen LogP contribution in [0.25, 0.3) is 0 Å². The van der Waals surface area contributed by atoms with Crippen molar-refractivity contribution in [3.8, 4) is 0 Å². The molecule has 16 heavy (non-hydrogen) atoms. The summed E-state index contributed by atoms with van der Waals surface area (Å²) in [5.74, 6) is 2.58. The van der Waals surface area contributed by atoms with Gasteiger partial charge in [-0.2, -0.15) is 0 Å². The van der Waals surface area contributed by atoms with Gasteiger partial charge in [-0.05, 0) is 26.7 Å². The minimum Gasteiger partial charge on any atom is -0.332 e. The van der Waals surface area contributed by atoms with Crippen LogP contribution < -0.4 is 10.6 Å². The number of hydrogen-bond donors (Lipinski definition) is 2. The van der Waals surface area contributed by atoms with Crippen LogP contribution in [0.2, 0.25) is 0 Å². The van der Waals surface area contributed by atoms with Crippen molar-refractivity contribution < 1.29 is 0 Å². The molecule has 1 heterocycles. The van der Waals surface area contributed by atoms with Crippen molar-refractivity contribution in [1.29, 1.82) is 0 Å². The van der Waals surface area contributed by atoms with Gasteiger partial charge in [0.15, 0.2) is 5.96 Å². The van der Waals surface area contributed by atoms with Gasteiger partial charge in [-0.3, -0.25) is 4.99 Å². The molecule has 0 bridgehead atoms. The summed E-state index contributed by atoms with van der Waals surface area (Å²) in [6.07, 6.45) is 6.56. The molecule has 0 atom stereocenters. The third kappa shape index (κ3) is 2.54. The third-order valence-corrected chi connectivity index (χ3v) is 3.29. The Labute approximate surface area is 97.6 Å². The molecule has 4 heteroatoms. The summed E-state index contributed by atoms with van der Waals surface area (Å²) < 4.78 is 0. The fourth-order valence-corrected chi connectivity index (χ4v) is 2.48. The van der Waals surface area contributed by atoms with E-state index in [9.17, 15) is 0 Å². The number of aliphatic imine (C=N–C) groups is 2. The smallest absolute Gasteiger partial charge is 0.198 e. The highest BCUT2D eigenvalue weighted by Crippen LogP contribution is 2.26. The Bertz CT molecular complexity index is 311. The molecule has 0 aromatic heterocycles. The first kappa shape index (κ1) is 11.4. The van der Waals surface area contributed by atoms with E-state index in [1.807, 2.05) is 0 Å². The zero-order chi connectivity index (χ0) is 11.6. The number of hydrogen-bond acceptors (Lipinski definition) is 2. The Hall–Kier alpha value is -1.06. The Balaban J connectivity index is 2.15. The Morgan fingerprint density at radius 1 is 1.25 bits per heavy atom. The fraction of sp³-hybridized carbons (Fsp3) is 0.833. The van der Waals surface area contributed by atoms with Gasteiger partial charge in [0.05, 0.1) is 0 Å². The zero-order valence-electron chi connectivity index (χ0n) is 10.5. The second-order valence-corrected chi connectivity index (χ2v) is 5.21. The molecular formula is C12H22N4. The standard InChI is InChI=1S/C12H22N4/c1-12(2)15-10(14-11(13-3)16-12)9-7-5-4-6-8-9/h9H,4-8H2,1-3H3,(H2,13,14,15,16). The second-order valence-electron chi connectivity index (χ2n) is 5.21. The molecule has 1 fully saturated rings. The molecule has 0 amide bonds. The molecule has 0 saturated heterocycles. The van der Waals surface area contributed by atoms with Gasteiger partial charge in [-0.1, -0.05) is 19.3 Å². The van der Waals surface area contributed by atoms with Crippen molar-refractivity contribution in [3.63, 3.8) is 0 Å². The number of rotatable bonds is 1. The van der Waals surface area contributed by atoms with E-state index in [-0.39, 0.29) is 5.66 Å². The minimum absolute atomic E-state index is 0.229. The van der Waals surface area contributed by atoms with Gasteiger partial charge < -0.3 is 10.6 Å². The third-order valence-electron chi connectivity index (χ3n) is 3.29. The predicted octanol–water partition coefficient (Wildman–Crippen LogP) is 1.88. The van der Waals surface area contributed by atoms with Crippen molar-refractivity contribution >= 4 is 11.8 Å². The van der Waals surface area contributed by atoms with Crippen LogP contribution in [0.4, 0.5) is 0 Å². The van der Waals surface area contributed by atoms with Crippen molar-refractivity contribution in [2.24, 2.45) is 15.9 Å². The van der Waals surface area contributed by atoms with Crippen LogP contribution in [0.1, 0.15) is 46.0 Å². The largest absolute Gasteiger partial charge is 0.332 e. The quantitative estimate of drug-likeness (QED) is 0.711. The van der Waals surface area contributed by atoms with Crippen LogP contribution in [0.5, 0.6) is 0 Å². The predicted molar refractivity (Wildman–Crippen MR) is 67.7 cm³/mol. The molecule has 2 rings (SSSR count). The molecule has 4 nitrogen and oxygen atoms in total. The molecule has 2 aliphatic rings. The lowest BCUT2D eigenvalue weighted by Gasteiger charge is -2.34. The summed E-state index contributed by atoms with van der Waals surface area (Å²) in [6, 6.07) is 0. The Morgan fingerprint density at radius 3 is 2.56 bits per heavy atom. The summed E-state index contributed by atoms with van der Waals surface area (Å²) in [6.45, 7) is 4.17. The maximum absolute atomic E-state index is 4.75. The average Bonchev–Trinajstić information content (AvgIpc) is 2.28. The van der Waals surface area contributed by atoms with E-state index in [4.69, 9.17) is 4.99 Å². The molecule has 0 aromatic rings. The molecule has 1 aliphatic carbocycles. The van der Waals surface area contributed by atoms with Crippen LogP contribution in [-0.4, -0.2) is 24.5 Å². The second kappa shape index (κ2) is 4.44. The van der Waals surface area contributed by atoms with Gasteiger partial charge in [0.2, 0.25) is 0 Å². The first-order chi connectivity index (χ1) is 7.61. The minimum atomic E-state index is -0.229. The van der Waals surface area contributed by atoms with Gasteiger partial charge in [-0.25, -0.2) is 4.99 Å². The lowest BCUT2D eigenvalue weighted by atomic mass is 9.88. The molecular weight excluding hydrogens is 200 g/mol. The topological polar surface area (TPSA) is 48.8 Å². The van der Waals surface area contributed by atoms with E-state index in [0.29, 0.717) is 5.92 Å². The molecule has 0 unspecified atom stereocenters. The normalized spacial score (nSPS) is 28.2. The molecule has 1 aliphatic heterocycles. The maximum atomic E-state index is 4.75. The van der Waals surface area contributed by atoms with E-state index in [2.05, 4.69) is 29.5 Å². The van der Waals surface area contributed by atoms with Crippen molar-refractivity contribution in [2.45, 2.75) is 51.6 Å². The Morgan fingerprint density at radius 2 is 1.94 bits per heavy atom. The maximum Gasteiger partial charge on any atom is 0.198 e. The highest BCUT2D eigenvalue weighted by molar-refractivity contribution is 6.02. The van der Waals surface area contributed by atoms with Crippen LogP contribution in [-0.2, 0) is 0 Å². The van der Waals surface area contributed by atoms with Crippen LogP contribution >= 0.6 is 0 Å². The first-order valence-electron chi connectivity index (χ1n) is 6.22. The first-order valence-corrected chi connectivity index (χ1v) is 6.22. The molecule has 1 saturated carbocycles. The molecule has 0 spiro atoms. The van der Waals surface area contributed by atoms with Crippen molar-refractivity contribution in [2.75, 3.05) is 7.05 Å². The Kier molecular flexibility index (Phi) is 3.17.